The van der Waals surface area contributed by atoms with Gasteiger partial charge in [-0.25, -0.2) is 4.98 Å². The van der Waals surface area contributed by atoms with Crippen molar-refractivity contribution in [1.82, 2.24) is 19.0 Å². The van der Waals surface area contributed by atoms with E-state index >= 15 is 0 Å². The van der Waals surface area contributed by atoms with Crippen molar-refractivity contribution in [3.8, 4) is 0 Å². The molecule has 0 aromatic carbocycles. The van der Waals surface area contributed by atoms with Crippen LogP contribution in [0.5, 0.6) is 0 Å². The Balaban J connectivity index is 1.62. The number of imidazole rings is 1. The average molecular weight is 451 g/mol. The van der Waals surface area contributed by atoms with Crippen molar-refractivity contribution in [2.24, 2.45) is 10.9 Å². The summed E-state index contributed by atoms with van der Waals surface area (Å²) >= 11 is 0. The van der Waals surface area contributed by atoms with Gasteiger partial charge in [0.1, 0.15) is 11.0 Å². The number of aliphatic imine (C=N–C) groups is 1. The van der Waals surface area contributed by atoms with Crippen LogP contribution < -0.4 is 10.9 Å². The number of hydrogen-bond acceptors (Lipinski definition) is 6. The van der Waals surface area contributed by atoms with E-state index in [4.69, 9.17) is 4.74 Å². The molecular weight excluding hydrogens is 420 g/mol. The van der Waals surface area contributed by atoms with Gasteiger partial charge < -0.3 is 24.1 Å². The first-order valence-electron chi connectivity index (χ1n) is 11.5. The number of pyridine rings is 1. The highest BCUT2D eigenvalue weighted by Crippen LogP contribution is 2.73. The summed E-state index contributed by atoms with van der Waals surface area (Å²) in [6.45, 7) is 6.72. The number of carbonyl (C=O) groups is 1. The van der Waals surface area contributed by atoms with E-state index in [9.17, 15) is 9.59 Å². The Labute approximate surface area is 192 Å². The number of aromatic nitrogens is 3. The summed E-state index contributed by atoms with van der Waals surface area (Å²) in [6, 6.07) is -0.109. The van der Waals surface area contributed by atoms with E-state index in [1.54, 1.807) is 23.6 Å². The third-order valence-corrected chi connectivity index (χ3v) is 7.19. The third kappa shape index (κ3) is 3.37. The molecule has 2 aromatic rings. The zero-order valence-electron chi connectivity index (χ0n) is 19.4. The molecule has 9 heteroatoms. The highest BCUT2D eigenvalue weighted by Gasteiger charge is 2.71. The fourth-order valence-corrected chi connectivity index (χ4v) is 5.06. The van der Waals surface area contributed by atoms with Crippen LogP contribution in [0.3, 0.4) is 0 Å². The Kier molecular flexibility index (Phi) is 5.14. The first kappa shape index (κ1) is 21.5. The van der Waals surface area contributed by atoms with Crippen LogP contribution in [-0.4, -0.2) is 58.1 Å². The summed E-state index contributed by atoms with van der Waals surface area (Å²) < 4.78 is 9.32. The number of nitrogens with one attached hydrogen (secondary N) is 1. The van der Waals surface area contributed by atoms with Crippen LogP contribution in [0.25, 0.3) is 11.0 Å². The lowest BCUT2D eigenvalue weighted by Gasteiger charge is -2.20. The number of hydrogen-bond donors (Lipinski definition) is 1. The second-order valence-corrected chi connectivity index (χ2v) is 9.09. The molecule has 3 fully saturated rings. The van der Waals surface area contributed by atoms with Crippen molar-refractivity contribution in [2.75, 3.05) is 32.6 Å². The van der Waals surface area contributed by atoms with Gasteiger partial charge >= 0.3 is 0 Å². The number of nitrogens with zero attached hydrogens (tertiary/aromatic N) is 5. The molecule has 2 saturated carbocycles. The molecule has 1 N–H and O–H groups in total. The lowest BCUT2D eigenvalue weighted by molar-refractivity contribution is -0.125. The number of fused-ring (bicyclic) bond motifs is 2. The molecule has 9 nitrogen and oxygen atoms in total. The van der Waals surface area contributed by atoms with E-state index in [2.05, 4.69) is 26.4 Å². The molecule has 33 heavy (non-hydrogen) atoms. The van der Waals surface area contributed by atoms with E-state index < -0.39 is 0 Å². The molecule has 0 spiro atoms. The lowest BCUT2D eigenvalue weighted by Crippen LogP contribution is -2.31. The van der Waals surface area contributed by atoms with Crippen LogP contribution in [0, 0.1) is 5.92 Å². The largest absolute Gasteiger partial charge is 0.480 e. The maximum absolute atomic E-state index is 13.7. The Morgan fingerprint density at radius 1 is 1.45 bits per heavy atom. The van der Waals surface area contributed by atoms with E-state index in [-0.39, 0.29) is 23.0 Å². The second kappa shape index (κ2) is 7.90. The smallest absolute Gasteiger partial charge is 0.277 e. The van der Waals surface area contributed by atoms with Gasteiger partial charge in [-0.1, -0.05) is 19.6 Å². The van der Waals surface area contributed by atoms with E-state index in [0.29, 0.717) is 42.4 Å². The number of ether oxygens (including phenoxy) is 1. The van der Waals surface area contributed by atoms with Crippen LogP contribution in [0.15, 0.2) is 46.7 Å². The molecule has 1 amide bonds. The number of rotatable bonds is 7. The quantitative estimate of drug-likeness (QED) is 0.398. The van der Waals surface area contributed by atoms with E-state index in [1.807, 2.05) is 25.5 Å². The molecule has 3 aliphatic rings. The van der Waals surface area contributed by atoms with E-state index in [1.165, 1.54) is 6.08 Å². The number of anilines is 1. The Hall–Kier alpha value is -3.36. The van der Waals surface area contributed by atoms with Crippen molar-refractivity contribution < 1.29 is 9.53 Å². The monoisotopic (exact) mass is 450 g/mol. The van der Waals surface area contributed by atoms with Crippen LogP contribution in [0.1, 0.15) is 38.6 Å². The predicted molar refractivity (Wildman–Crippen MR) is 127 cm³/mol. The molecule has 1 unspecified atom stereocenters. The summed E-state index contributed by atoms with van der Waals surface area (Å²) in [4.78, 5) is 36.5. The molecule has 5 rings (SSSR count). The molecule has 3 heterocycles. The molecular formula is C24H30N6O3. The van der Waals surface area contributed by atoms with Crippen LogP contribution >= 0.6 is 0 Å². The topological polar surface area (TPSA) is 93.8 Å². The maximum Gasteiger partial charge on any atom is 0.277 e. The molecule has 2 aliphatic carbocycles. The Morgan fingerprint density at radius 2 is 2.21 bits per heavy atom. The normalized spacial score (nSPS) is 26.3. The molecule has 0 bridgehead atoms. The van der Waals surface area contributed by atoms with Crippen LogP contribution in [0.4, 0.5) is 5.69 Å². The minimum Gasteiger partial charge on any atom is -0.480 e. The van der Waals surface area contributed by atoms with Gasteiger partial charge in [-0.3, -0.25) is 14.6 Å². The third-order valence-electron chi connectivity index (χ3n) is 7.19. The molecule has 174 valence electrons. The van der Waals surface area contributed by atoms with Gasteiger partial charge in [-0.05, 0) is 37.7 Å². The van der Waals surface area contributed by atoms with Crippen LogP contribution in [-0.2, 0) is 15.1 Å². The average Bonchev–Trinajstić information content (AvgIpc) is 3.51. The number of allylic oxidation sites excluding steroid dienone is 1. The van der Waals surface area contributed by atoms with Gasteiger partial charge in [0.25, 0.3) is 5.56 Å². The first-order valence-corrected chi connectivity index (χ1v) is 11.5. The minimum absolute atomic E-state index is 0.0602. The predicted octanol–water partition coefficient (Wildman–Crippen LogP) is 2.66. The summed E-state index contributed by atoms with van der Waals surface area (Å²) in [5.74, 6) is 1.04. The number of carbonyl (C=O) groups excluding carboxylic acids is 1. The molecule has 2 aromatic heterocycles. The summed E-state index contributed by atoms with van der Waals surface area (Å²) in [6.07, 6.45) is 10.7. The lowest BCUT2D eigenvalue weighted by atomic mass is 10.2. The van der Waals surface area contributed by atoms with Gasteiger partial charge in [-0.15, -0.1) is 0 Å². The molecule has 1 atom stereocenters. The SMILES string of the molecule is C=CC(=O)N1CCC(n2cc(N/C(=C/CC)C(=NC)OC)c3ncn(C45CC4C5)c3c2=O)C1. The van der Waals surface area contributed by atoms with E-state index in [0.717, 1.165) is 30.6 Å². The van der Waals surface area contributed by atoms with Crippen molar-refractivity contribution in [2.45, 2.75) is 44.2 Å². The number of amides is 1. The van der Waals surface area contributed by atoms with Gasteiger partial charge in [-0.2, -0.15) is 0 Å². The zero-order chi connectivity index (χ0) is 23.3. The van der Waals surface area contributed by atoms with Crippen molar-refractivity contribution >= 4 is 28.5 Å². The number of likely N-dealkylation sites (tertiary alicyclic amines) is 1. The minimum atomic E-state index is -0.109. The molecule has 0 radical (unpaired) electrons. The molecule has 1 saturated heterocycles. The fourth-order valence-electron chi connectivity index (χ4n) is 5.06. The maximum atomic E-state index is 13.7. The Bertz CT molecular complexity index is 1250. The molecule has 1 aliphatic heterocycles. The fraction of sp³-hybridized carbons (Fsp3) is 0.500. The Morgan fingerprint density at radius 3 is 2.82 bits per heavy atom. The van der Waals surface area contributed by atoms with Gasteiger partial charge in [0.15, 0.2) is 0 Å². The second-order valence-electron chi connectivity index (χ2n) is 9.09. The van der Waals surface area contributed by atoms with Gasteiger partial charge in [0.2, 0.25) is 11.8 Å². The zero-order valence-corrected chi connectivity index (χ0v) is 19.4. The first-order chi connectivity index (χ1) is 16.0. The number of methoxy groups -OCH3 is 1. The van der Waals surface area contributed by atoms with Gasteiger partial charge in [0, 0.05) is 31.9 Å². The van der Waals surface area contributed by atoms with Crippen molar-refractivity contribution in [3.63, 3.8) is 0 Å². The van der Waals surface area contributed by atoms with Crippen LogP contribution in [0.2, 0.25) is 0 Å². The van der Waals surface area contributed by atoms with Crippen molar-refractivity contribution in [3.05, 3.63) is 47.3 Å². The van der Waals surface area contributed by atoms with Gasteiger partial charge in [0.05, 0.1) is 30.9 Å². The summed E-state index contributed by atoms with van der Waals surface area (Å²) in [5.41, 5.74) is 2.74. The highest BCUT2D eigenvalue weighted by molar-refractivity contribution is 5.99. The van der Waals surface area contributed by atoms with Crippen molar-refractivity contribution in [1.29, 1.82) is 0 Å². The highest BCUT2D eigenvalue weighted by atomic mass is 16.5. The standard InChI is InChI=1S/C24H30N6O3/c1-5-7-17(22(25-3)33-4)27-18-13-29(16-8-9-28(12-16)19(31)6-2)23(32)21-20(18)26-14-30(21)24-10-15(24)11-24/h6-7,13-16,27H,2,5,8-12H2,1,3-4H3/b17-7+,25-22?. The summed E-state index contributed by atoms with van der Waals surface area (Å²) in [5, 5.41) is 3.43. The summed E-state index contributed by atoms with van der Waals surface area (Å²) in [7, 11) is 3.26.